The molecule has 0 saturated heterocycles. The lowest BCUT2D eigenvalue weighted by molar-refractivity contribution is 0.0779. The topological polar surface area (TPSA) is 49.3 Å². The van der Waals surface area contributed by atoms with Gasteiger partial charge in [0.05, 0.1) is 0 Å². The summed E-state index contributed by atoms with van der Waals surface area (Å²) in [5.41, 5.74) is 3.66. The third-order valence-electron chi connectivity index (χ3n) is 4.34. The molecule has 5 heteroatoms. The molecule has 0 aliphatic heterocycles. The standard InChI is InChI=1S/C22H24N4O/c1-4-26(19-12-8-9-17(2)15-19)22-23-14-13-20(24-22)21(27)25(3)16-18-10-6-5-7-11-18/h5-15H,4,16H2,1-3H3. The van der Waals surface area contributed by atoms with Crippen molar-refractivity contribution in [3.63, 3.8) is 0 Å². The average Bonchev–Trinajstić information content (AvgIpc) is 2.69. The van der Waals surface area contributed by atoms with Crippen molar-refractivity contribution in [2.45, 2.75) is 20.4 Å². The number of amides is 1. The molecule has 0 aliphatic rings. The summed E-state index contributed by atoms with van der Waals surface area (Å²) in [5, 5.41) is 0. The van der Waals surface area contributed by atoms with E-state index in [1.165, 1.54) is 5.56 Å². The highest BCUT2D eigenvalue weighted by Gasteiger charge is 2.17. The molecule has 1 heterocycles. The number of nitrogens with zero attached hydrogens (tertiary/aromatic N) is 4. The molecule has 1 amide bonds. The van der Waals surface area contributed by atoms with E-state index in [2.05, 4.69) is 29.0 Å². The fraction of sp³-hybridized carbons (Fsp3) is 0.227. The van der Waals surface area contributed by atoms with Gasteiger partial charge in [0.15, 0.2) is 0 Å². The summed E-state index contributed by atoms with van der Waals surface area (Å²) < 4.78 is 0. The average molecular weight is 360 g/mol. The first-order valence-corrected chi connectivity index (χ1v) is 9.05. The molecule has 0 bridgehead atoms. The molecule has 0 atom stereocenters. The SMILES string of the molecule is CCN(c1cccc(C)c1)c1nccc(C(=O)N(C)Cc2ccccc2)n1. The second-order valence-electron chi connectivity index (χ2n) is 6.47. The zero-order valence-electron chi connectivity index (χ0n) is 16.0. The Labute approximate surface area is 160 Å². The Bertz CT molecular complexity index is 911. The van der Waals surface area contributed by atoms with Gasteiger partial charge in [-0.25, -0.2) is 9.97 Å². The van der Waals surface area contributed by atoms with Gasteiger partial charge in [0, 0.05) is 32.0 Å². The minimum Gasteiger partial charge on any atom is -0.336 e. The lowest BCUT2D eigenvalue weighted by Crippen LogP contribution is -2.28. The monoisotopic (exact) mass is 360 g/mol. The van der Waals surface area contributed by atoms with Crippen molar-refractivity contribution in [2.75, 3.05) is 18.5 Å². The summed E-state index contributed by atoms with van der Waals surface area (Å²) in [6.07, 6.45) is 1.64. The lowest BCUT2D eigenvalue weighted by Gasteiger charge is -2.22. The van der Waals surface area contributed by atoms with Crippen LogP contribution in [0.3, 0.4) is 0 Å². The van der Waals surface area contributed by atoms with Crippen LogP contribution in [0.15, 0.2) is 66.9 Å². The summed E-state index contributed by atoms with van der Waals surface area (Å²) in [5.74, 6) is 0.407. The number of hydrogen-bond donors (Lipinski definition) is 0. The zero-order valence-corrected chi connectivity index (χ0v) is 16.0. The van der Waals surface area contributed by atoms with Crippen LogP contribution in [0.4, 0.5) is 11.6 Å². The Morgan fingerprint density at radius 1 is 1.04 bits per heavy atom. The molecule has 0 aliphatic carbocycles. The first kappa shape index (κ1) is 18.6. The van der Waals surface area contributed by atoms with Crippen molar-refractivity contribution in [1.29, 1.82) is 0 Å². The maximum atomic E-state index is 12.8. The Balaban J connectivity index is 1.82. The van der Waals surface area contributed by atoms with Crippen molar-refractivity contribution < 1.29 is 4.79 Å². The van der Waals surface area contributed by atoms with E-state index in [-0.39, 0.29) is 5.91 Å². The number of benzene rings is 2. The third kappa shape index (κ3) is 4.50. The molecule has 1 aromatic heterocycles. The first-order chi connectivity index (χ1) is 13.1. The molecule has 3 rings (SSSR count). The summed E-state index contributed by atoms with van der Waals surface area (Å²) in [7, 11) is 1.79. The lowest BCUT2D eigenvalue weighted by atomic mass is 10.2. The smallest absolute Gasteiger partial charge is 0.272 e. The van der Waals surface area contributed by atoms with Gasteiger partial charge in [0.2, 0.25) is 5.95 Å². The molecule has 3 aromatic rings. The number of rotatable bonds is 6. The van der Waals surface area contributed by atoms with Gasteiger partial charge in [-0.15, -0.1) is 0 Å². The van der Waals surface area contributed by atoms with Crippen LogP contribution in [0.5, 0.6) is 0 Å². The molecule has 5 nitrogen and oxygen atoms in total. The van der Waals surface area contributed by atoms with Gasteiger partial charge in [0.25, 0.3) is 5.91 Å². The van der Waals surface area contributed by atoms with Crippen LogP contribution in [0.2, 0.25) is 0 Å². The summed E-state index contributed by atoms with van der Waals surface area (Å²) in [4.78, 5) is 25.4. The van der Waals surface area contributed by atoms with E-state index < -0.39 is 0 Å². The van der Waals surface area contributed by atoms with Crippen LogP contribution in [-0.2, 0) is 6.54 Å². The molecule has 0 saturated carbocycles. The van der Waals surface area contributed by atoms with Crippen LogP contribution >= 0.6 is 0 Å². The summed E-state index contributed by atoms with van der Waals surface area (Å²) >= 11 is 0. The van der Waals surface area contributed by atoms with Crippen LogP contribution in [0, 0.1) is 6.92 Å². The van der Waals surface area contributed by atoms with Gasteiger partial charge >= 0.3 is 0 Å². The number of carbonyl (C=O) groups is 1. The van der Waals surface area contributed by atoms with E-state index in [0.29, 0.717) is 24.7 Å². The van der Waals surface area contributed by atoms with Crippen molar-refractivity contribution in [3.8, 4) is 0 Å². The van der Waals surface area contributed by atoms with E-state index in [9.17, 15) is 4.79 Å². The minimum absolute atomic E-state index is 0.122. The molecular formula is C22H24N4O. The fourth-order valence-electron chi connectivity index (χ4n) is 2.96. The number of carbonyl (C=O) groups excluding carboxylic acids is 1. The van der Waals surface area contributed by atoms with Gasteiger partial charge < -0.3 is 9.80 Å². The van der Waals surface area contributed by atoms with E-state index in [1.54, 1.807) is 24.2 Å². The van der Waals surface area contributed by atoms with Crippen molar-refractivity contribution in [2.24, 2.45) is 0 Å². The molecule has 138 valence electrons. The molecule has 0 N–H and O–H groups in total. The normalized spacial score (nSPS) is 10.5. The maximum Gasteiger partial charge on any atom is 0.272 e. The summed E-state index contributed by atoms with van der Waals surface area (Å²) in [6.45, 7) is 5.34. The highest BCUT2D eigenvalue weighted by Crippen LogP contribution is 2.22. The number of anilines is 2. The van der Waals surface area contributed by atoms with Crippen molar-refractivity contribution in [3.05, 3.63) is 83.7 Å². The number of aromatic nitrogens is 2. The molecule has 0 fully saturated rings. The third-order valence-corrected chi connectivity index (χ3v) is 4.34. The van der Waals surface area contributed by atoms with Gasteiger partial charge in [-0.1, -0.05) is 42.5 Å². The highest BCUT2D eigenvalue weighted by atomic mass is 16.2. The Kier molecular flexibility index (Phi) is 5.81. The second kappa shape index (κ2) is 8.45. The predicted molar refractivity (Wildman–Crippen MR) is 108 cm³/mol. The van der Waals surface area contributed by atoms with Crippen molar-refractivity contribution in [1.82, 2.24) is 14.9 Å². The first-order valence-electron chi connectivity index (χ1n) is 9.05. The van der Waals surface area contributed by atoms with E-state index >= 15 is 0 Å². The van der Waals surface area contributed by atoms with Gasteiger partial charge in [0.1, 0.15) is 5.69 Å². The Hall–Kier alpha value is -3.21. The number of hydrogen-bond acceptors (Lipinski definition) is 4. The van der Waals surface area contributed by atoms with Gasteiger partial charge in [-0.3, -0.25) is 4.79 Å². The van der Waals surface area contributed by atoms with Crippen LogP contribution < -0.4 is 4.90 Å². The summed E-state index contributed by atoms with van der Waals surface area (Å²) in [6, 6.07) is 19.8. The molecule has 27 heavy (non-hydrogen) atoms. The van der Waals surface area contributed by atoms with E-state index in [4.69, 9.17) is 0 Å². The molecular weight excluding hydrogens is 336 g/mol. The predicted octanol–water partition coefficient (Wildman–Crippen LogP) is 4.22. The molecule has 0 radical (unpaired) electrons. The number of aryl methyl sites for hydroxylation is 1. The fourth-order valence-corrected chi connectivity index (χ4v) is 2.96. The zero-order chi connectivity index (χ0) is 19.2. The molecule has 2 aromatic carbocycles. The van der Waals surface area contributed by atoms with Crippen molar-refractivity contribution >= 4 is 17.5 Å². The largest absolute Gasteiger partial charge is 0.336 e. The van der Waals surface area contributed by atoms with Crippen LogP contribution in [-0.4, -0.2) is 34.4 Å². The second-order valence-corrected chi connectivity index (χ2v) is 6.47. The molecule has 0 spiro atoms. The van der Waals surface area contributed by atoms with Gasteiger partial charge in [-0.05, 0) is 43.2 Å². The highest BCUT2D eigenvalue weighted by molar-refractivity contribution is 5.92. The minimum atomic E-state index is -0.122. The van der Waals surface area contributed by atoms with E-state index in [0.717, 1.165) is 11.3 Å². The van der Waals surface area contributed by atoms with Crippen LogP contribution in [0.25, 0.3) is 0 Å². The quantitative estimate of drug-likeness (QED) is 0.660. The Morgan fingerprint density at radius 3 is 2.52 bits per heavy atom. The van der Waals surface area contributed by atoms with Gasteiger partial charge in [-0.2, -0.15) is 0 Å². The Morgan fingerprint density at radius 2 is 1.81 bits per heavy atom. The van der Waals surface area contributed by atoms with Crippen LogP contribution in [0.1, 0.15) is 28.5 Å². The maximum absolute atomic E-state index is 12.8. The van der Waals surface area contributed by atoms with E-state index in [1.807, 2.05) is 54.3 Å². The molecule has 0 unspecified atom stereocenters.